The molecular formula is C14H15NO3. The molecule has 1 aromatic carbocycles. The first-order valence-corrected chi connectivity index (χ1v) is 5.81. The third-order valence-electron chi connectivity index (χ3n) is 2.96. The van der Waals surface area contributed by atoms with Crippen LogP contribution >= 0.6 is 0 Å². The molecule has 94 valence electrons. The van der Waals surface area contributed by atoms with Gasteiger partial charge in [0.15, 0.2) is 0 Å². The summed E-state index contributed by atoms with van der Waals surface area (Å²) in [6.07, 6.45) is 2.55. The van der Waals surface area contributed by atoms with Crippen molar-refractivity contribution < 1.29 is 14.3 Å². The highest BCUT2D eigenvalue weighted by Crippen LogP contribution is 2.16. The first-order valence-electron chi connectivity index (χ1n) is 5.81. The zero-order valence-electron chi connectivity index (χ0n) is 10.5. The maximum Gasteiger partial charge on any atom is 0.253 e. The van der Waals surface area contributed by atoms with Crippen molar-refractivity contribution >= 4 is 11.8 Å². The van der Waals surface area contributed by atoms with Gasteiger partial charge in [0.25, 0.3) is 11.8 Å². The summed E-state index contributed by atoms with van der Waals surface area (Å²) in [6.45, 7) is 4.63. The molecule has 1 heterocycles. The van der Waals surface area contributed by atoms with Crippen LogP contribution in [0.3, 0.4) is 0 Å². The minimum atomic E-state index is -0.274. The third kappa shape index (κ3) is 2.59. The first kappa shape index (κ1) is 12.4. The van der Waals surface area contributed by atoms with Crippen LogP contribution in [0, 0.1) is 13.8 Å². The van der Waals surface area contributed by atoms with E-state index in [0.29, 0.717) is 6.61 Å². The van der Waals surface area contributed by atoms with Crippen molar-refractivity contribution in [1.29, 1.82) is 0 Å². The SMILES string of the molecule is Cc1ccc(OCCN2C(=O)C=CC2=O)cc1C. The Kier molecular flexibility index (Phi) is 3.46. The molecule has 4 nitrogen and oxygen atoms in total. The van der Waals surface area contributed by atoms with Crippen LogP contribution in [-0.4, -0.2) is 29.9 Å². The molecule has 0 atom stereocenters. The molecule has 0 radical (unpaired) electrons. The maximum absolute atomic E-state index is 11.3. The van der Waals surface area contributed by atoms with Gasteiger partial charge in [-0.25, -0.2) is 0 Å². The zero-order chi connectivity index (χ0) is 13.1. The van der Waals surface area contributed by atoms with E-state index in [1.165, 1.54) is 22.6 Å². The Bertz CT molecular complexity index is 502. The van der Waals surface area contributed by atoms with E-state index in [1.54, 1.807) is 0 Å². The molecule has 0 spiro atoms. The van der Waals surface area contributed by atoms with E-state index in [9.17, 15) is 9.59 Å². The van der Waals surface area contributed by atoms with Crippen molar-refractivity contribution in [3.8, 4) is 5.75 Å². The molecule has 0 N–H and O–H groups in total. The fourth-order valence-electron chi connectivity index (χ4n) is 1.71. The Hall–Kier alpha value is -2.10. The van der Waals surface area contributed by atoms with Gasteiger partial charge in [-0.15, -0.1) is 0 Å². The predicted octanol–water partition coefficient (Wildman–Crippen LogP) is 1.61. The second-order valence-corrected chi connectivity index (χ2v) is 4.26. The van der Waals surface area contributed by atoms with Crippen LogP contribution in [0.1, 0.15) is 11.1 Å². The lowest BCUT2D eigenvalue weighted by Gasteiger charge is -2.14. The van der Waals surface area contributed by atoms with Gasteiger partial charge in [0.1, 0.15) is 12.4 Å². The molecule has 18 heavy (non-hydrogen) atoms. The third-order valence-corrected chi connectivity index (χ3v) is 2.96. The number of carbonyl (C=O) groups excluding carboxylic acids is 2. The standard InChI is InChI=1S/C14H15NO3/c1-10-3-4-12(9-11(10)2)18-8-7-15-13(16)5-6-14(15)17/h3-6,9H,7-8H2,1-2H3. The summed E-state index contributed by atoms with van der Waals surface area (Å²) in [6, 6.07) is 5.81. The summed E-state index contributed by atoms with van der Waals surface area (Å²) in [5, 5.41) is 0. The van der Waals surface area contributed by atoms with E-state index < -0.39 is 0 Å². The van der Waals surface area contributed by atoms with Crippen LogP contribution in [0.15, 0.2) is 30.4 Å². The maximum atomic E-state index is 11.3. The first-order chi connectivity index (χ1) is 8.58. The van der Waals surface area contributed by atoms with Crippen LogP contribution in [0.25, 0.3) is 0 Å². The summed E-state index contributed by atoms with van der Waals surface area (Å²) in [5.74, 6) is 0.206. The molecule has 0 saturated heterocycles. The number of aryl methyl sites for hydroxylation is 2. The predicted molar refractivity (Wildman–Crippen MR) is 67.3 cm³/mol. The molecule has 0 bridgehead atoms. The Labute approximate surface area is 106 Å². The monoisotopic (exact) mass is 245 g/mol. The highest BCUT2D eigenvalue weighted by atomic mass is 16.5. The van der Waals surface area contributed by atoms with Gasteiger partial charge in [0, 0.05) is 12.2 Å². The normalized spacial score (nSPS) is 14.4. The molecule has 1 aliphatic rings. The number of ether oxygens (including phenoxy) is 1. The molecule has 2 amide bonds. The Morgan fingerprint density at radius 3 is 2.33 bits per heavy atom. The molecule has 0 saturated carbocycles. The molecule has 0 aromatic heterocycles. The van der Waals surface area contributed by atoms with E-state index in [0.717, 1.165) is 11.3 Å². The lowest BCUT2D eigenvalue weighted by molar-refractivity contribution is -0.137. The van der Waals surface area contributed by atoms with Crippen LogP contribution in [0.2, 0.25) is 0 Å². The summed E-state index contributed by atoms with van der Waals surface area (Å²) in [4.78, 5) is 23.7. The number of hydrogen-bond acceptors (Lipinski definition) is 3. The van der Waals surface area contributed by atoms with Gasteiger partial charge in [-0.2, -0.15) is 0 Å². The second kappa shape index (κ2) is 5.04. The Morgan fingerprint density at radius 2 is 1.72 bits per heavy atom. The number of nitrogens with zero attached hydrogens (tertiary/aromatic N) is 1. The molecule has 1 aliphatic heterocycles. The molecule has 0 aliphatic carbocycles. The molecule has 4 heteroatoms. The van der Waals surface area contributed by atoms with Crippen LogP contribution < -0.4 is 4.74 Å². The smallest absolute Gasteiger partial charge is 0.253 e. The van der Waals surface area contributed by atoms with Crippen molar-refractivity contribution in [3.05, 3.63) is 41.5 Å². The quantitative estimate of drug-likeness (QED) is 0.757. The fraction of sp³-hybridized carbons (Fsp3) is 0.286. The Balaban J connectivity index is 1.87. The van der Waals surface area contributed by atoms with E-state index in [1.807, 2.05) is 32.0 Å². The van der Waals surface area contributed by atoms with Crippen molar-refractivity contribution in [3.63, 3.8) is 0 Å². The largest absolute Gasteiger partial charge is 0.492 e. The summed E-state index contributed by atoms with van der Waals surface area (Å²) < 4.78 is 5.53. The van der Waals surface area contributed by atoms with Gasteiger partial charge < -0.3 is 4.74 Å². The second-order valence-electron chi connectivity index (χ2n) is 4.26. The minimum Gasteiger partial charge on any atom is -0.492 e. The number of amides is 2. The van der Waals surface area contributed by atoms with Crippen LogP contribution in [-0.2, 0) is 9.59 Å². The summed E-state index contributed by atoms with van der Waals surface area (Å²) in [7, 11) is 0. The van der Waals surface area contributed by atoms with Gasteiger partial charge in [-0.3, -0.25) is 14.5 Å². The van der Waals surface area contributed by atoms with Crippen molar-refractivity contribution in [2.75, 3.05) is 13.2 Å². The van der Waals surface area contributed by atoms with Gasteiger partial charge in [-0.05, 0) is 37.1 Å². The summed E-state index contributed by atoms with van der Waals surface area (Å²) in [5.41, 5.74) is 2.36. The lowest BCUT2D eigenvalue weighted by atomic mass is 10.1. The average Bonchev–Trinajstić information content (AvgIpc) is 2.65. The van der Waals surface area contributed by atoms with E-state index in [-0.39, 0.29) is 18.4 Å². The number of imide groups is 1. The van der Waals surface area contributed by atoms with Gasteiger partial charge in [0.2, 0.25) is 0 Å². The molecule has 0 unspecified atom stereocenters. The fourth-order valence-corrected chi connectivity index (χ4v) is 1.71. The highest BCUT2D eigenvalue weighted by Gasteiger charge is 2.22. The van der Waals surface area contributed by atoms with E-state index >= 15 is 0 Å². The summed E-state index contributed by atoms with van der Waals surface area (Å²) >= 11 is 0. The number of carbonyl (C=O) groups is 2. The molecule has 0 fully saturated rings. The number of rotatable bonds is 4. The minimum absolute atomic E-state index is 0.274. The van der Waals surface area contributed by atoms with Crippen molar-refractivity contribution in [2.45, 2.75) is 13.8 Å². The van der Waals surface area contributed by atoms with Gasteiger partial charge in [-0.1, -0.05) is 6.07 Å². The van der Waals surface area contributed by atoms with Crippen LogP contribution in [0.4, 0.5) is 0 Å². The van der Waals surface area contributed by atoms with Crippen molar-refractivity contribution in [2.24, 2.45) is 0 Å². The van der Waals surface area contributed by atoms with Gasteiger partial charge >= 0.3 is 0 Å². The van der Waals surface area contributed by atoms with Crippen molar-refractivity contribution in [1.82, 2.24) is 4.90 Å². The van der Waals surface area contributed by atoms with Gasteiger partial charge in [0.05, 0.1) is 6.54 Å². The molecule has 2 rings (SSSR count). The van der Waals surface area contributed by atoms with E-state index in [2.05, 4.69) is 0 Å². The molecule has 1 aromatic rings. The van der Waals surface area contributed by atoms with Crippen LogP contribution in [0.5, 0.6) is 5.75 Å². The average molecular weight is 245 g/mol. The molecular weight excluding hydrogens is 230 g/mol. The highest BCUT2D eigenvalue weighted by molar-refractivity contribution is 6.12. The number of hydrogen-bond donors (Lipinski definition) is 0. The number of benzene rings is 1. The lowest BCUT2D eigenvalue weighted by Crippen LogP contribution is -2.33. The zero-order valence-corrected chi connectivity index (χ0v) is 10.5. The Morgan fingerprint density at radius 1 is 1.06 bits per heavy atom. The topological polar surface area (TPSA) is 46.6 Å². The van der Waals surface area contributed by atoms with E-state index in [4.69, 9.17) is 4.74 Å².